The van der Waals surface area contributed by atoms with Gasteiger partial charge in [-0.25, -0.2) is 13.6 Å². The Labute approximate surface area is 189 Å². The molecule has 34 heavy (non-hydrogen) atoms. The minimum Gasteiger partial charge on any atom is -0.496 e. The number of ether oxygens (including phenoxy) is 2. The number of hydrogen-bond donors (Lipinski definition) is 1. The minimum absolute atomic E-state index is 0.0220. The number of amides is 1. The Bertz CT molecular complexity index is 1470. The quantitative estimate of drug-likeness (QED) is 0.242. The van der Waals surface area contributed by atoms with Crippen LogP contribution in [0, 0.1) is 23.3 Å². The molecule has 1 N–H and O–H groups in total. The van der Waals surface area contributed by atoms with Gasteiger partial charge < -0.3 is 19.2 Å². The molecule has 0 radical (unpaired) electrons. The molecule has 174 valence electrons. The van der Waals surface area contributed by atoms with Crippen molar-refractivity contribution in [3.05, 3.63) is 87.8 Å². The summed E-state index contributed by atoms with van der Waals surface area (Å²) in [5.41, 5.74) is -1.24. The normalized spacial score (nSPS) is 10.9. The molecule has 0 saturated heterocycles. The lowest BCUT2D eigenvalue weighted by molar-refractivity contribution is 0.101. The summed E-state index contributed by atoms with van der Waals surface area (Å²) >= 11 is 0. The summed E-state index contributed by atoms with van der Waals surface area (Å²) in [6.07, 6.45) is 0. The first-order valence-corrected chi connectivity index (χ1v) is 9.69. The lowest BCUT2D eigenvalue weighted by atomic mass is 10.0. The standard InChI is InChI=1S/C24H15F4NO5/c1-32-16-10-12(29-23(30)17-18(25)20(27)22(33-2)21(28)19(17)26)7-8-13(16)14-9-11-5-3-4-6-15(11)34-24(14)31/h3-10H,1-2H3,(H,29,30). The first-order valence-electron chi connectivity index (χ1n) is 9.69. The largest absolute Gasteiger partial charge is 0.496 e. The molecule has 0 bridgehead atoms. The van der Waals surface area contributed by atoms with Crippen molar-refractivity contribution >= 4 is 22.6 Å². The molecule has 4 rings (SSSR count). The first kappa shape index (κ1) is 22.8. The van der Waals surface area contributed by atoms with E-state index in [1.807, 2.05) is 0 Å². The van der Waals surface area contributed by atoms with Gasteiger partial charge in [-0.15, -0.1) is 0 Å². The summed E-state index contributed by atoms with van der Waals surface area (Å²) in [7, 11) is 2.13. The monoisotopic (exact) mass is 473 g/mol. The van der Waals surface area contributed by atoms with Gasteiger partial charge in [0, 0.05) is 22.7 Å². The number of rotatable bonds is 5. The van der Waals surface area contributed by atoms with Crippen LogP contribution in [0.1, 0.15) is 10.4 Å². The molecule has 4 aromatic rings. The van der Waals surface area contributed by atoms with Crippen molar-refractivity contribution in [1.29, 1.82) is 0 Å². The predicted octanol–water partition coefficient (Wildman–Crippen LogP) is 5.29. The Balaban J connectivity index is 1.72. The van der Waals surface area contributed by atoms with Crippen LogP contribution in [0.25, 0.3) is 22.1 Å². The fraction of sp³-hybridized carbons (Fsp3) is 0.0833. The fourth-order valence-electron chi connectivity index (χ4n) is 3.42. The van der Waals surface area contributed by atoms with Crippen LogP contribution in [0.15, 0.2) is 57.7 Å². The van der Waals surface area contributed by atoms with E-state index in [-0.39, 0.29) is 17.0 Å². The van der Waals surface area contributed by atoms with Gasteiger partial charge in [0.15, 0.2) is 17.4 Å². The average molecular weight is 473 g/mol. The molecule has 0 spiro atoms. The van der Waals surface area contributed by atoms with E-state index in [0.717, 1.165) is 7.11 Å². The van der Waals surface area contributed by atoms with Crippen molar-refractivity contribution in [1.82, 2.24) is 0 Å². The van der Waals surface area contributed by atoms with Crippen molar-refractivity contribution in [2.45, 2.75) is 0 Å². The van der Waals surface area contributed by atoms with Crippen LogP contribution >= 0.6 is 0 Å². The highest BCUT2D eigenvalue weighted by Crippen LogP contribution is 2.34. The molecule has 1 aromatic heterocycles. The molecule has 6 nitrogen and oxygen atoms in total. The summed E-state index contributed by atoms with van der Waals surface area (Å²) in [4.78, 5) is 24.9. The Morgan fingerprint density at radius 1 is 0.853 bits per heavy atom. The first-order chi connectivity index (χ1) is 16.3. The molecule has 1 heterocycles. The van der Waals surface area contributed by atoms with Gasteiger partial charge in [0.05, 0.1) is 19.8 Å². The van der Waals surface area contributed by atoms with E-state index in [1.54, 1.807) is 30.3 Å². The number of carbonyl (C=O) groups excluding carboxylic acids is 1. The van der Waals surface area contributed by atoms with Crippen LogP contribution in [0.3, 0.4) is 0 Å². The highest BCUT2D eigenvalue weighted by atomic mass is 19.2. The van der Waals surface area contributed by atoms with Crippen LogP contribution in [0.4, 0.5) is 23.2 Å². The van der Waals surface area contributed by atoms with Gasteiger partial charge in [0.2, 0.25) is 11.6 Å². The zero-order valence-corrected chi connectivity index (χ0v) is 17.7. The lowest BCUT2D eigenvalue weighted by Gasteiger charge is -2.13. The average Bonchev–Trinajstić information content (AvgIpc) is 2.83. The zero-order valence-electron chi connectivity index (χ0n) is 17.7. The Hall–Kier alpha value is -4.34. The fourth-order valence-corrected chi connectivity index (χ4v) is 3.42. The highest BCUT2D eigenvalue weighted by molar-refractivity contribution is 6.05. The van der Waals surface area contributed by atoms with E-state index in [4.69, 9.17) is 9.15 Å². The Kier molecular flexibility index (Phi) is 5.97. The second kappa shape index (κ2) is 8.89. The number of para-hydroxylation sites is 1. The number of carbonyl (C=O) groups is 1. The second-order valence-corrected chi connectivity index (χ2v) is 7.02. The molecule has 1 amide bonds. The smallest absolute Gasteiger partial charge is 0.344 e. The summed E-state index contributed by atoms with van der Waals surface area (Å²) in [5, 5.41) is 2.81. The SMILES string of the molecule is COc1cc(NC(=O)c2c(F)c(F)c(OC)c(F)c2F)ccc1-c1cc2ccccc2oc1=O. The van der Waals surface area contributed by atoms with Crippen molar-refractivity contribution in [3.8, 4) is 22.6 Å². The molecule has 0 aliphatic rings. The summed E-state index contributed by atoms with van der Waals surface area (Å²) in [6, 6.07) is 12.5. The number of hydrogen-bond acceptors (Lipinski definition) is 5. The molecule has 10 heteroatoms. The molecular formula is C24H15F4NO5. The number of methoxy groups -OCH3 is 2. The van der Waals surface area contributed by atoms with Gasteiger partial charge in [-0.1, -0.05) is 18.2 Å². The molecule has 0 unspecified atom stereocenters. The van der Waals surface area contributed by atoms with Crippen molar-refractivity contribution in [2.24, 2.45) is 0 Å². The molecule has 0 fully saturated rings. The third-order valence-electron chi connectivity index (χ3n) is 5.05. The number of nitrogens with one attached hydrogen (secondary N) is 1. The van der Waals surface area contributed by atoms with Crippen LogP contribution in [-0.2, 0) is 0 Å². The molecule has 0 aliphatic heterocycles. The van der Waals surface area contributed by atoms with Crippen LogP contribution < -0.4 is 20.4 Å². The Morgan fingerprint density at radius 3 is 2.18 bits per heavy atom. The van der Waals surface area contributed by atoms with Crippen molar-refractivity contribution in [3.63, 3.8) is 0 Å². The predicted molar refractivity (Wildman–Crippen MR) is 115 cm³/mol. The molecule has 3 aromatic carbocycles. The van der Waals surface area contributed by atoms with E-state index in [9.17, 15) is 27.2 Å². The van der Waals surface area contributed by atoms with Crippen LogP contribution in [-0.4, -0.2) is 20.1 Å². The minimum atomic E-state index is -1.91. The maximum absolute atomic E-state index is 14.3. The van der Waals surface area contributed by atoms with Crippen LogP contribution in [0.5, 0.6) is 11.5 Å². The van der Waals surface area contributed by atoms with Crippen LogP contribution in [0.2, 0.25) is 0 Å². The highest BCUT2D eigenvalue weighted by Gasteiger charge is 2.30. The third-order valence-corrected chi connectivity index (χ3v) is 5.05. The van der Waals surface area contributed by atoms with E-state index in [1.165, 1.54) is 25.3 Å². The molecule has 0 saturated carbocycles. The number of halogens is 4. The zero-order chi connectivity index (χ0) is 24.6. The van der Waals surface area contributed by atoms with Gasteiger partial charge in [-0.3, -0.25) is 4.79 Å². The Morgan fingerprint density at radius 2 is 1.53 bits per heavy atom. The summed E-state index contributed by atoms with van der Waals surface area (Å²) in [6.45, 7) is 0. The maximum Gasteiger partial charge on any atom is 0.344 e. The number of benzene rings is 3. The van der Waals surface area contributed by atoms with Gasteiger partial charge >= 0.3 is 5.63 Å². The summed E-state index contributed by atoms with van der Waals surface area (Å²) < 4.78 is 71.4. The van der Waals surface area contributed by atoms with Gasteiger partial charge in [-0.05, 0) is 24.3 Å². The van der Waals surface area contributed by atoms with Crippen molar-refractivity contribution < 1.29 is 36.2 Å². The van der Waals surface area contributed by atoms with Gasteiger partial charge in [0.25, 0.3) is 5.91 Å². The second-order valence-electron chi connectivity index (χ2n) is 7.02. The topological polar surface area (TPSA) is 77.8 Å². The molecule has 0 aliphatic carbocycles. The van der Waals surface area contributed by atoms with Crippen molar-refractivity contribution in [2.75, 3.05) is 19.5 Å². The van der Waals surface area contributed by atoms with E-state index < -0.39 is 46.1 Å². The molecule has 0 atom stereocenters. The molecular weight excluding hydrogens is 458 g/mol. The van der Waals surface area contributed by atoms with E-state index in [2.05, 4.69) is 10.1 Å². The van der Waals surface area contributed by atoms with Gasteiger partial charge in [0.1, 0.15) is 16.9 Å². The number of fused-ring (bicyclic) bond motifs is 1. The third kappa shape index (κ3) is 3.83. The maximum atomic E-state index is 14.3. The van der Waals surface area contributed by atoms with Gasteiger partial charge in [-0.2, -0.15) is 8.78 Å². The number of anilines is 1. The lowest BCUT2D eigenvalue weighted by Crippen LogP contribution is -2.19. The van der Waals surface area contributed by atoms with E-state index >= 15 is 0 Å². The van der Waals surface area contributed by atoms with E-state index in [0.29, 0.717) is 16.5 Å². The summed E-state index contributed by atoms with van der Waals surface area (Å²) in [5.74, 6) is -10.1.